The van der Waals surface area contributed by atoms with Crippen molar-refractivity contribution in [3.8, 4) is 0 Å². The number of aromatic nitrogens is 2. The molecule has 5 heteroatoms. The van der Waals surface area contributed by atoms with Crippen LogP contribution in [0.1, 0.15) is 5.56 Å². The van der Waals surface area contributed by atoms with Crippen LogP contribution in [0.25, 0.3) is 10.8 Å². The van der Waals surface area contributed by atoms with Crippen molar-refractivity contribution in [3.63, 3.8) is 0 Å². The van der Waals surface area contributed by atoms with E-state index in [0.717, 1.165) is 5.56 Å². The summed E-state index contributed by atoms with van der Waals surface area (Å²) in [4.78, 5) is 7.84. The van der Waals surface area contributed by atoms with Crippen molar-refractivity contribution in [1.82, 2.24) is 9.97 Å². The van der Waals surface area contributed by atoms with Gasteiger partial charge in [0.15, 0.2) is 11.6 Å². The Bertz CT molecular complexity index is 787. The van der Waals surface area contributed by atoms with E-state index in [4.69, 9.17) is 0 Å². The number of hydrogen-bond acceptors (Lipinski definition) is 3. The van der Waals surface area contributed by atoms with Gasteiger partial charge in [0.05, 0.1) is 0 Å². The van der Waals surface area contributed by atoms with Crippen LogP contribution in [-0.4, -0.2) is 9.97 Å². The topological polar surface area (TPSA) is 37.8 Å². The van der Waals surface area contributed by atoms with E-state index in [1.807, 2.05) is 0 Å². The fraction of sp³-hybridized carbons (Fsp3) is 0.0667. The van der Waals surface area contributed by atoms with Gasteiger partial charge in [-0.15, -0.1) is 0 Å². The maximum atomic E-state index is 13.9. The molecule has 2 heterocycles. The molecule has 0 aliphatic heterocycles. The van der Waals surface area contributed by atoms with Gasteiger partial charge >= 0.3 is 0 Å². The molecule has 0 radical (unpaired) electrons. The van der Waals surface area contributed by atoms with Crippen LogP contribution in [-0.2, 0) is 0 Å². The van der Waals surface area contributed by atoms with Gasteiger partial charge in [0.2, 0.25) is 0 Å². The number of pyridine rings is 2. The van der Waals surface area contributed by atoms with Gasteiger partial charge in [-0.3, -0.25) is 4.98 Å². The Morgan fingerprint density at radius 3 is 2.70 bits per heavy atom. The standard InChI is InChI=1S/C15H11F2N3/c1-9-4-14(17)15(19-7-9)20-11-5-10-2-3-18-8-12(10)13(16)6-11/h2-8H,1H3,(H,19,20). The van der Waals surface area contributed by atoms with Crippen LogP contribution in [0.4, 0.5) is 20.3 Å². The molecule has 0 aliphatic rings. The van der Waals surface area contributed by atoms with Crippen molar-refractivity contribution in [2.24, 2.45) is 0 Å². The van der Waals surface area contributed by atoms with Crippen molar-refractivity contribution >= 4 is 22.3 Å². The number of nitrogens with one attached hydrogen (secondary N) is 1. The van der Waals surface area contributed by atoms with Gasteiger partial charge < -0.3 is 5.32 Å². The molecule has 0 atom stereocenters. The summed E-state index contributed by atoms with van der Waals surface area (Å²) >= 11 is 0. The molecule has 1 N–H and O–H groups in total. The van der Waals surface area contributed by atoms with Crippen LogP contribution in [0.2, 0.25) is 0 Å². The van der Waals surface area contributed by atoms with Crippen molar-refractivity contribution in [2.45, 2.75) is 6.92 Å². The third-order valence-electron chi connectivity index (χ3n) is 2.95. The van der Waals surface area contributed by atoms with Gasteiger partial charge in [0.1, 0.15) is 5.82 Å². The van der Waals surface area contributed by atoms with E-state index < -0.39 is 11.6 Å². The zero-order chi connectivity index (χ0) is 14.1. The van der Waals surface area contributed by atoms with Gasteiger partial charge in [-0.1, -0.05) is 0 Å². The molecule has 1 aromatic carbocycles. The molecule has 0 saturated carbocycles. The number of benzene rings is 1. The van der Waals surface area contributed by atoms with E-state index in [9.17, 15) is 8.78 Å². The molecule has 0 bridgehead atoms. The number of halogens is 2. The Kier molecular flexibility index (Phi) is 3.02. The van der Waals surface area contributed by atoms with E-state index in [1.165, 1.54) is 18.3 Å². The Morgan fingerprint density at radius 2 is 1.90 bits per heavy atom. The summed E-state index contributed by atoms with van der Waals surface area (Å²) in [5.41, 5.74) is 1.17. The highest BCUT2D eigenvalue weighted by atomic mass is 19.1. The maximum absolute atomic E-state index is 13.9. The first-order valence-corrected chi connectivity index (χ1v) is 6.06. The van der Waals surface area contributed by atoms with Gasteiger partial charge in [-0.2, -0.15) is 0 Å². The van der Waals surface area contributed by atoms with Gasteiger partial charge in [0.25, 0.3) is 0 Å². The fourth-order valence-electron chi connectivity index (χ4n) is 1.99. The number of anilines is 2. The van der Waals surface area contributed by atoms with Crippen LogP contribution in [0.15, 0.2) is 42.9 Å². The van der Waals surface area contributed by atoms with Crippen LogP contribution in [0.5, 0.6) is 0 Å². The molecule has 100 valence electrons. The van der Waals surface area contributed by atoms with Gasteiger partial charge in [0, 0.05) is 29.7 Å². The lowest BCUT2D eigenvalue weighted by Crippen LogP contribution is -1.98. The molecule has 0 amide bonds. The first kappa shape index (κ1) is 12.5. The molecule has 0 saturated heterocycles. The Labute approximate surface area is 114 Å². The highest BCUT2D eigenvalue weighted by molar-refractivity contribution is 5.86. The molecular weight excluding hydrogens is 260 g/mol. The highest BCUT2D eigenvalue weighted by Crippen LogP contribution is 2.25. The van der Waals surface area contributed by atoms with Crippen molar-refractivity contribution in [2.75, 3.05) is 5.32 Å². The van der Waals surface area contributed by atoms with Crippen LogP contribution in [0, 0.1) is 18.6 Å². The quantitative estimate of drug-likeness (QED) is 0.766. The van der Waals surface area contributed by atoms with Crippen LogP contribution < -0.4 is 5.32 Å². The average Bonchev–Trinajstić information content (AvgIpc) is 2.42. The number of hydrogen-bond donors (Lipinski definition) is 1. The lowest BCUT2D eigenvalue weighted by Gasteiger charge is -2.09. The minimum absolute atomic E-state index is 0.0726. The summed E-state index contributed by atoms with van der Waals surface area (Å²) in [5.74, 6) is -0.811. The van der Waals surface area contributed by atoms with E-state index in [2.05, 4.69) is 15.3 Å². The molecule has 0 fully saturated rings. The van der Waals surface area contributed by atoms with E-state index >= 15 is 0 Å². The number of rotatable bonds is 2. The van der Waals surface area contributed by atoms with E-state index in [-0.39, 0.29) is 5.82 Å². The van der Waals surface area contributed by atoms with Crippen LogP contribution in [0.3, 0.4) is 0 Å². The predicted molar refractivity (Wildman–Crippen MR) is 73.9 cm³/mol. The molecular formula is C15H11F2N3. The molecule has 0 spiro atoms. The lowest BCUT2D eigenvalue weighted by atomic mass is 10.1. The average molecular weight is 271 g/mol. The highest BCUT2D eigenvalue weighted by Gasteiger charge is 2.07. The van der Waals surface area contributed by atoms with E-state index in [0.29, 0.717) is 16.5 Å². The second kappa shape index (κ2) is 4.85. The Morgan fingerprint density at radius 1 is 1.05 bits per heavy atom. The van der Waals surface area contributed by atoms with Gasteiger partial charge in [-0.05, 0) is 42.1 Å². The Balaban J connectivity index is 2.02. The smallest absolute Gasteiger partial charge is 0.166 e. The van der Waals surface area contributed by atoms with E-state index in [1.54, 1.807) is 31.5 Å². The molecule has 0 unspecified atom stereocenters. The number of nitrogens with zero attached hydrogens (tertiary/aromatic N) is 2. The summed E-state index contributed by atoms with van der Waals surface area (Å²) < 4.78 is 27.6. The molecule has 3 rings (SSSR count). The predicted octanol–water partition coefficient (Wildman–Crippen LogP) is 3.96. The largest absolute Gasteiger partial charge is 0.338 e. The normalized spacial score (nSPS) is 10.8. The summed E-state index contributed by atoms with van der Waals surface area (Å²) in [7, 11) is 0. The first-order valence-electron chi connectivity index (χ1n) is 6.06. The number of aryl methyl sites for hydroxylation is 1. The molecule has 3 nitrogen and oxygen atoms in total. The second-order valence-electron chi connectivity index (χ2n) is 4.52. The zero-order valence-electron chi connectivity index (χ0n) is 10.7. The minimum Gasteiger partial charge on any atom is -0.338 e. The Hall–Kier alpha value is -2.56. The summed E-state index contributed by atoms with van der Waals surface area (Å²) in [6.07, 6.45) is 4.59. The van der Waals surface area contributed by atoms with Crippen molar-refractivity contribution in [1.29, 1.82) is 0 Å². The summed E-state index contributed by atoms with van der Waals surface area (Å²) in [6, 6.07) is 6.09. The third-order valence-corrected chi connectivity index (χ3v) is 2.95. The second-order valence-corrected chi connectivity index (χ2v) is 4.52. The maximum Gasteiger partial charge on any atom is 0.166 e. The first-order chi connectivity index (χ1) is 9.63. The van der Waals surface area contributed by atoms with Gasteiger partial charge in [-0.25, -0.2) is 13.8 Å². The molecule has 2 aromatic heterocycles. The summed E-state index contributed by atoms with van der Waals surface area (Å²) in [6.45, 7) is 1.75. The zero-order valence-corrected chi connectivity index (χ0v) is 10.7. The molecule has 20 heavy (non-hydrogen) atoms. The number of fused-ring (bicyclic) bond motifs is 1. The van der Waals surface area contributed by atoms with Crippen molar-refractivity contribution < 1.29 is 8.78 Å². The summed E-state index contributed by atoms with van der Waals surface area (Å²) in [5, 5.41) is 3.90. The lowest BCUT2D eigenvalue weighted by molar-refractivity contribution is 0.624. The van der Waals surface area contributed by atoms with Crippen molar-refractivity contribution in [3.05, 3.63) is 60.1 Å². The molecule has 0 aliphatic carbocycles. The fourth-order valence-corrected chi connectivity index (χ4v) is 1.99. The minimum atomic E-state index is -0.472. The molecule has 3 aromatic rings. The van der Waals surface area contributed by atoms with Crippen LogP contribution >= 0.6 is 0 Å². The SMILES string of the molecule is Cc1cnc(Nc2cc(F)c3cnccc3c2)c(F)c1. The monoisotopic (exact) mass is 271 g/mol. The third kappa shape index (κ3) is 2.30.